The van der Waals surface area contributed by atoms with E-state index < -0.39 is 5.91 Å². The average Bonchev–Trinajstić information content (AvgIpc) is 2.89. The Balaban J connectivity index is 1.90. The van der Waals surface area contributed by atoms with Crippen LogP contribution in [0.2, 0.25) is 0 Å². The van der Waals surface area contributed by atoms with Crippen LogP contribution in [0.4, 0.5) is 0 Å². The number of pyridine rings is 1. The highest BCUT2D eigenvalue weighted by atomic mass is 16.5. The Morgan fingerprint density at radius 2 is 2.19 bits per heavy atom. The molecule has 1 aromatic carbocycles. The van der Waals surface area contributed by atoms with Crippen molar-refractivity contribution in [2.45, 2.75) is 39.3 Å². The van der Waals surface area contributed by atoms with E-state index in [-0.39, 0.29) is 24.0 Å². The number of amides is 2. The van der Waals surface area contributed by atoms with Gasteiger partial charge in [0, 0.05) is 17.5 Å². The molecule has 138 valence electrons. The fourth-order valence-corrected chi connectivity index (χ4v) is 3.06. The Kier molecular flexibility index (Phi) is 4.97. The van der Waals surface area contributed by atoms with Gasteiger partial charge in [-0.15, -0.1) is 0 Å². The summed E-state index contributed by atoms with van der Waals surface area (Å²) in [6, 6.07) is 5.16. The maximum absolute atomic E-state index is 11.7. The molecule has 1 saturated heterocycles. The second-order valence-corrected chi connectivity index (χ2v) is 6.87. The van der Waals surface area contributed by atoms with Crippen LogP contribution < -0.4 is 20.5 Å². The molecule has 2 atom stereocenters. The number of nitrogens with one attached hydrogen (secondary N) is 1. The van der Waals surface area contributed by atoms with Crippen molar-refractivity contribution < 1.29 is 19.1 Å². The number of rotatable bonds is 6. The third-order valence-corrected chi connectivity index (χ3v) is 4.31. The Hall–Kier alpha value is -2.83. The molecule has 1 unspecified atom stereocenters. The lowest BCUT2D eigenvalue weighted by molar-refractivity contribution is -0.122. The van der Waals surface area contributed by atoms with Gasteiger partial charge in [-0.3, -0.25) is 9.59 Å². The first-order chi connectivity index (χ1) is 12.3. The van der Waals surface area contributed by atoms with Crippen LogP contribution in [0.25, 0.3) is 10.8 Å². The van der Waals surface area contributed by atoms with Gasteiger partial charge in [0.25, 0.3) is 5.91 Å². The largest absolute Gasteiger partial charge is 0.490 e. The standard InChI is InChI=1S/C19H23N3O4/c1-10(2)26-16-8-14-12(7-15(16)17(20)23)4-5-21-19(14)25-9-13-6-11(3)18(24)22-13/h4-5,7-8,10-11,13H,6,9H2,1-3H3,(H2,20,23)(H,22,24)/t11?,13-/m0/s1. The van der Waals surface area contributed by atoms with Crippen LogP contribution in [0.15, 0.2) is 24.4 Å². The van der Waals surface area contributed by atoms with E-state index >= 15 is 0 Å². The number of nitrogens with zero attached hydrogens (tertiary/aromatic N) is 1. The lowest BCUT2D eigenvalue weighted by atomic mass is 10.1. The topological polar surface area (TPSA) is 104 Å². The van der Waals surface area contributed by atoms with Crippen LogP contribution in [-0.2, 0) is 4.79 Å². The normalized spacial score (nSPS) is 19.6. The van der Waals surface area contributed by atoms with Crippen LogP contribution in [0, 0.1) is 5.92 Å². The highest BCUT2D eigenvalue weighted by molar-refractivity contribution is 6.01. The van der Waals surface area contributed by atoms with E-state index in [1.807, 2.05) is 20.8 Å². The van der Waals surface area contributed by atoms with Crippen molar-refractivity contribution in [3.63, 3.8) is 0 Å². The number of aromatic nitrogens is 1. The highest BCUT2D eigenvalue weighted by Crippen LogP contribution is 2.31. The molecular formula is C19H23N3O4. The summed E-state index contributed by atoms with van der Waals surface area (Å²) in [5, 5.41) is 4.41. The van der Waals surface area contributed by atoms with Crippen LogP contribution in [0.1, 0.15) is 37.6 Å². The second-order valence-electron chi connectivity index (χ2n) is 6.87. The van der Waals surface area contributed by atoms with Crippen molar-refractivity contribution >= 4 is 22.6 Å². The first-order valence-corrected chi connectivity index (χ1v) is 8.67. The number of primary amides is 1. The Morgan fingerprint density at radius 3 is 2.81 bits per heavy atom. The predicted octanol–water partition coefficient (Wildman–Crippen LogP) is 2.02. The monoisotopic (exact) mass is 357 g/mol. The summed E-state index contributed by atoms with van der Waals surface area (Å²) < 4.78 is 11.6. The van der Waals surface area contributed by atoms with Crippen molar-refractivity contribution in [1.29, 1.82) is 0 Å². The molecule has 26 heavy (non-hydrogen) atoms. The van der Waals surface area contributed by atoms with Gasteiger partial charge in [-0.05, 0) is 43.9 Å². The number of benzene rings is 1. The van der Waals surface area contributed by atoms with E-state index in [1.54, 1.807) is 24.4 Å². The first kappa shape index (κ1) is 18.0. The molecule has 3 rings (SSSR count). The molecule has 1 aromatic heterocycles. The maximum Gasteiger partial charge on any atom is 0.252 e. The van der Waals surface area contributed by atoms with Gasteiger partial charge < -0.3 is 20.5 Å². The molecule has 3 N–H and O–H groups in total. The highest BCUT2D eigenvalue weighted by Gasteiger charge is 2.28. The lowest BCUT2D eigenvalue weighted by Crippen LogP contribution is -2.31. The quantitative estimate of drug-likeness (QED) is 0.823. The second kappa shape index (κ2) is 7.19. The SMILES string of the molecule is CC(C)Oc1cc2c(OC[C@@H]3CC(C)C(=O)N3)nccc2cc1C(N)=O. The zero-order valence-electron chi connectivity index (χ0n) is 15.1. The summed E-state index contributed by atoms with van der Waals surface area (Å²) in [4.78, 5) is 27.7. The van der Waals surface area contributed by atoms with Gasteiger partial charge in [-0.1, -0.05) is 6.92 Å². The molecule has 0 saturated carbocycles. The number of carbonyl (C=O) groups excluding carboxylic acids is 2. The maximum atomic E-state index is 11.7. The van der Waals surface area contributed by atoms with Crippen LogP contribution in [-0.4, -0.2) is 35.6 Å². The van der Waals surface area contributed by atoms with Crippen molar-refractivity contribution in [3.05, 3.63) is 30.0 Å². The number of carbonyl (C=O) groups is 2. The van der Waals surface area contributed by atoms with Crippen molar-refractivity contribution in [3.8, 4) is 11.6 Å². The Bertz CT molecular complexity index is 850. The minimum absolute atomic E-state index is 0.00625. The Morgan fingerprint density at radius 1 is 1.42 bits per heavy atom. The average molecular weight is 357 g/mol. The molecule has 2 aromatic rings. The molecule has 0 aliphatic carbocycles. The lowest BCUT2D eigenvalue weighted by Gasteiger charge is -2.16. The van der Waals surface area contributed by atoms with E-state index in [9.17, 15) is 9.59 Å². The molecule has 1 fully saturated rings. The molecule has 7 heteroatoms. The summed E-state index contributed by atoms with van der Waals surface area (Å²) in [5.41, 5.74) is 5.80. The van der Waals surface area contributed by atoms with Gasteiger partial charge in [0.05, 0.1) is 17.7 Å². The van der Waals surface area contributed by atoms with E-state index in [0.29, 0.717) is 23.8 Å². The summed E-state index contributed by atoms with van der Waals surface area (Å²) in [6.07, 6.45) is 2.24. The minimum Gasteiger partial charge on any atom is -0.490 e. The third-order valence-electron chi connectivity index (χ3n) is 4.31. The van der Waals surface area contributed by atoms with Gasteiger partial charge in [-0.2, -0.15) is 0 Å². The van der Waals surface area contributed by atoms with E-state index in [2.05, 4.69) is 10.3 Å². The molecule has 1 aliphatic rings. The smallest absolute Gasteiger partial charge is 0.252 e. The van der Waals surface area contributed by atoms with Crippen molar-refractivity contribution in [2.24, 2.45) is 11.7 Å². The van der Waals surface area contributed by atoms with E-state index in [0.717, 1.165) is 17.2 Å². The van der Waals surface area contributed by atoms with Crippen LogP contribution >= 0.6 is 0 Å². The zero-order valence-corrected chi connectivity index (χ0v) is 15.1. The molecular weight excluding hydrogens is 334 g/mol. The van der Waals surface area contributed by atoms with Gasteiger partial charge >= 0.3 is 0 Å². The number of nitrogens with two attached hydrogens (primary N) is 1. The third kappa shape index (κ3) is 3.71. The molecule has 0 radical (unpaired) electrons. The molecule has 2 heterocycles. The van der Waals surface area contributed by atoms with Crippen molar-refractivity contribution in [2.75, 3.05) is 6.61 Å². The predicted molar refractivity (Wildman–Crippen MR) is 97.2 cm³/mol. The van der Waals surface area contributed by atoms with E-state index in [4.69, 9.17) is 15.2 Å². The number of ether oxygens (including phenoxy) is 2. The van der Waals surface area contributed by atoms with E-state index in [1.165, 1.54) is 0 Å². The molecule has 7 nitrogen and oxygen atoms in total. The van der Waals surface area contributed by atoms with Gasteiger partial charge in [-0.25, -0.2) is 4.98 Å². The fourth-order valence-electron chi connectivity index (χ4n) is 3.06. The van der Waals surface area contributed by atoms with Crippen LogP contribution in [0.3, 0.4) is 0 Å². The minimum atomic E-state index is -0.551. The number of fused-ring (bicyclic) bond motifs is 1. The molecule has 2 amide bonds. The summed E-state index contributed by atoms with van der Waals surface area (Å²) in [6.45, 7) is 5.98. The van der Waals surface area contributed by atoms with Crippen molar-refractivity contribution in [1.82, 2.24) is 10.3 Å². The summed E-state index contributed by atoms with van der Waals surface area (Å²) >= 11 is 0. The fraction of sp³-hybridized carbons (Fsp3) is 0.421. The number of hydrogen-bond donors (Lipinski definition) is 2. The van der Waals surface area contributed by atoms with Crippen LogP contribution in [0.5, 0.6) is 11.6 Å². The molecule has 0 spiro atoms. The summed E-state index contributed by atoms with van der Waals surface area (Å²) in [7, 11) is 0. The summed E-state index contributed by atoms with van der Waals surface area (Å²) in [5.74, 6) is 0.322. The van der Waals surface area contributed by atoms with Gasteiger partial charge in [0.1, 0.15) is 12.4 Å². The number of hydrogen-bond acceptors (Lipinski definition) is 5. The molecule has 0 bridgehead atoms. The first-order valence-electron chi connectivity index (χ1n) is 8.67. The molecule has 1 aliphatic heterocycles. The van der Waals surface area contributed by atoms with Gasteiger partial charge in [0.15, 0.2) is 0 Å². The zero-order chi connectivity index (χ0) is 18.8. The van der Waals surface area contributed by atoms with Gasteiger partial charge in [0.2, 0.25) is 11.8 Å². The Labute approximate surface area is 151 Å².